The van der Waals surface area contributed by atoms with E-state index in [1.54, 1.807) is 25.1 Å². The first-order valence-electron chi connectivity index (χ1n) is 5.64. The van der Waals surface area contributed by atoms with Gasteiger partial charge in [-0.15, -0.1) is 0 Å². The largest absolute Gasteiger partial charge is 0.478 e. The van der Waals surface area contributed by atoms with E-state index in [4.69, 9.17) is 5.11 Å². The molecule has 3 nitrogen and oxygen atoms in total. The normalized spacial score (nSPS) is 10.8. The number of carboxylic acid groups (broad SMARTS) is 1. The summed E-state index contributed by atoms with van der Waals surface area (Å²) in [6.45, 7) is 3.44. The number of hydrogen-bond donors (Lipinski definition) is 1. The van der Waals surface area contributed by atoms with E-state index in [0.717, 1.165) is 23.3 Å². The third kappa shape index (κ3) is 4.75. The third-order valence-electron chi connectivity index (χ3n) is 2.40. The highest BCUT2D eigenvalue weighted by atomic mass is 32.2. The van der Waals surface area contributed by atoms with Crippen LogP contribution in [-0.4, -0.2) is 21.9 Å². The number of allylic oxidation sites excluding steroid dienone is 1. The SMILES string of the molecule is CC(=O)SCCC=Cc1ccc(C(=O)O)cc1C. The Bertz CT molecular complexity index is 478. The Kier molecular flexibility index (Phi) is 5.65. The van der Waals surface area contributed by atoms with Crippen LogP contribution in [0.5, 0.6) is 0 Å². The monoisotopic (exact) mass is 264 g/mol. The van der Waals surface area contributed by atoms with E-state index < -0.39 is 5.97 Å². The molecule has 96 valence electrons. The molecule has 0 unspecified atom stereocenters. The molecule has 0 heterocycles. The van der Waals surface area contributed by atoms with Gasteiger partial charge in [0, 0.05) is 12.7 Å². The van der Waals surface area contributed by atoms with Crippen molar-refractivity contribution < 1.29 is 14.7 Å². The van der Waals surface area contributed by atoms with E-state index >= 15 is 0 Å². The molecule has 0 spiro atoms. The lowest BCUT2D eigenvalue weighted by molar-refractivity contribution is -0.109. The maximum Gasteiger partial charge on any atom is 0.335 e. The van der Waals surface area contributed by atoms with Gasteiger partial charge in [-0.2, -0.15) is 0 Å². The summed E-state index contributed by atoms with van der Waals surface area (Å²) in [6, 6.07) is 5.05. The van der Waals surface area contributed by atoms with Crippen LogP contribution >= 0.6 is 11.8 Å². The number of carbonyl (C=O) groups is 2. The lowest BCUT2D eigenvalue weighted by Crippen LogP contribution is -1.96. The quantitative estimate of drug-likeness (QED) is 0.828. The first-order chi connectivity index (χ1) is 8.50. The molecule has 18 heavy (non-hydrogen) atoms. The Morgan fingerprint density at radius 3 is 2.67 bits per heavy atom. The van der Waals surface area contributed by atoms with Gasteiger partial charge in [0.05, 0.1) is 5.56 Å². The molecule has 0 bridgehead atoms. The van der Waals surface area contributed by atoms with Gasteiger partial charge in [0.25, 0.3) is 0 Å². The van der Waals surface area contributed by atoms with Crippen molar-refractivity contribution in [3.63, 3.8) is 0 Å². The Hall–Kier alpha value is -1.55. The average molecular weight is 264 g/mol. The number of benzene rings is 1. The van der Waals surface area contributed by atoms with E-state index in [1.807, 2.05) is 19.1 Å². The van der Waals surface area contributed by atoms with E-state index in [9.17, 15) is 9.59 Å². The van der Waals surface area contributed by atoms with Gasteiger partial charge in [0.15, 0.2) is 5.12 Å². The predicted octanol–water partition coefficient (Wildman–Crippen LogP) is 3.38. The van der Waals surface area contributed by atoms with Crippen LogP contribution in [-0.2, 0) is 4.79 Å². The van der Waals surface area contributed by atoms with Crippen LogP contribution < -0.4 is 0 Å². The van der Waals surface area contributed by atoms with Gasteiger partial charge in [-0.25, -0.2) is 4.79 Å². The van der Waals surface area contributed by atoms with Gasteiger partial charge in [-0.3, -0.25) is 4.79 Å². The van der Waals surface area contributed by atoms with E-state index in [2.05, 4.69) is 0 Å². The minimum absolute atomic E-state index is 0.130. The van der Waals surface area contributed by atoms with Gasteiger partial charge in [-0.05, 0) is 36.6 Å². The minimum atomic E-state index is -0.911. The number of thioether (sulfide) groups is 1. The zero-order chi connectivity index (χ0) is 13.5. The topological polar surface area (TPSA) is 54.4 Å². The molecule has 0 saturated heterocycles. The van der Waals surface area contributed by atoms with Crippen LogP contribution in [0, 0.1) is 6.92 Å². The first kappa shape index (κ1) is 14.5. The molecule has 0 aromatic heterocycles. The minimum Gasteiger partial charge on any atom is -0.478 e. The molecule has 0 fully saturated rings. The molecule has 1 aromatic rings. The Morgan fingerprint density at radius 2 is 2.11 bits per heavy atom. The van der Waals surface area contributed by atoms with Crippen molar-refractivity contribution in [1.29, 1.82) is 0 Å². The van der Waals surface area contributed by atoms with Crippen molar-refractivity contribution in [3.05, 3.63) is 41.0 Å². The lowest BCUT2D eigenvalue weighted by atomic mass is 10.0. The molecule has 0 amide bonds. The molecule has 1 N–H and O–H groups in total. The Morgan fingerprint density at radius 1 is 1.39 bits per heavy atom. The van der Waals surface area contributed by atoms with E-state index in [-0.39, 0.29) is 5.12 Å². The molecular weight excluding hydrogens is 248 g/mol. The second-order valence-electron chi connectivity index (χ2n) is 3.91. The summed E-state index contributed by atoms with van der Waals surface area (Å²) in [5.74, 6) is -0.135. The highest BCUT2D eigenvalue weighted by molar-refractivity contribution is 8.13. The van der Waals surface area contributed by atoms with Crippen molar-refractivity contribution >= 4 is 28.9 Å². The number of aryl methyl sites for hydroxylation is 1. The molecule has 4 heteroatoms. The molecule has 0 aliphatic heterocycles. The molecule has 0 aliphatic carbocycles. The fraction of sp³-hybridized carbons (Fsp3) is 0.286. The zero-order valence-corrected chi connectivity index (χ0v) is 11.3. The fourth-order valence-corrected chi connectivity index (χ4v) is 2.02. The van der Waals surface area contributed by atoms with Crippen LogP contribution in [0.25, 0.3) is 6.08 Å². The van der Waals surface area contributed by atoms with Crippen LogP contribution in [0.2, 0.25) is 0 Å². The van der Waals surface area contributed by atoms with Crippen molar-refractivity contribution in [2.75, 3.05) is 5.75 Å². The summed E-state index contributed by atoms with van der Waals surface area (Å²) in [5, 5.41) is 8.98. The number of aromatic carboxylic acids is 1. The lowest BCUT2D eigenvalue weighted by Gasteiger charge is -2.02. The summed E-state index contributed by atoms with van der Waals surface area (Å²) in [4.78, 5) is 21.5. The van der Waals surface area contributed by atoms with E-state index in [0.29, 0.717) is 5.56 Å². The maximum absolute atomic E-state index is 10.8. The molecule has 0 aliphatic rings. The van der Waals surface area contributed by atoms with Crippen LogP contribution in [0.3, 0.4) is 0 Å². The second-order valence-corrected chi connectivity index (χ2v) is 5.18. The molecule has 1 aromatic carbocycles. The van der Waals surface area contributed by atoms with Crippen molar-refractivity contribution in [2.24, 2.45) is 0 Å². The van der Waals surface area contributed by atoms with Gasteiger partial charge in [-0.1, -0.05) is 30.0 Å². The number of carbonyl (C=O) groups excluding carboxylic acids is 1. The van der Waals surface area contributed by atoms with Crippen LogP contribution in [0.4, 0.5) is 0 Å². The van der Waals surface area contributed by atoms with Crippen molar-refractivity contribution in [3.8, 4) is 0 Å². The van der Waals surface area contributed by atoms with Crippen molar-refractivity contribution in [1.82, 2.24) is 0 Å². The highest BCUT2D eigenvalue weighted by Crippen LogP contribution is 2.14. The van der Waals surface area contributed by atoms with Gasteiger partial charge >= 0.3 is 5.97 Å². The Balaban J connectivity index is 2.59. The maximum atomic E-state index is 10.8. The summed E-state index contributed by atoms with van der Waals surface area (Å²) in [5.41, 5.74) is 2.25. The number of carboxylic acids is 1. The zero-order valence-electron chi connectivity index (χ0n) is 10.5. The molecule has 0 radical (unpaired) electrons. The van der Waals surface area contributed by atoms with Gasteiger partial charge in [0.2, 0.25) is 0 Å². The summed E-state index contributed by atoms with van der Waals surface area (Å²) in [7, 11) is 0. The predicted molar refractivity (Wildman–Crippen MR) is 74.9 cm³/mol. The first-order valence-corrected chi connectivity index (χ1v) is 6.63. The second kappa shape index (κ2) is 7.01. The molecule has 1 rings (SSSR count). The van der Waals surface area contributed by atoms with Gasteiger partial charge in [0.1, 0.15) is 0 Å². The van der Waals surface area contributed by atoms with Crippen LogP contribution in [0.1, 0.15) is 34.8 Å². The summed E-state index contributed by atoms with van der Waals surface area (Å²) in [6.07, 6.45) is 4.78. The molecule has 0 saturated carbocycles. The van der Waals surface area contributed by atoms with Crippen LogP contribution in [0.15, 0.2) is 24.3 Å². The van der Waals surface area contributed by atoms with Gasteiger partial charge < -0.3 is 5.11 Å². The molecular formula is C14H16O3S. The smallest absolute Gasteiger partial charge is 0.335 e. The highest BCUT2D eigenvalue weighted by Gasteiger charge is 2.03. The summed E-state index contributed by atoms with van der Waals surface area (Å²) < 4.78 is 0. The average Bonchev–Trinajstić information content (AvgIpc) is 2.29. The third-order valence-corrected chi connectivity index (χ3v) is 3.25. The number of hydrogen-bond acceptors (Lipinski definition) is 3. The Labute approximate surface area is 111 Å². The molecule has 0 atom stereocenters. The standard InChI is InChI=1S/C14H16O3S/c1-10-9-13(14(16)17)7-6-12(10)5-3-4-8-18-11(2)15/h3,5-7,9H,4,8H2,1-2H3,(H,16,17). The van der Waals surface area contributed by atoms with Crippen molar-refractivity contribution in [2.45, 2.75) is 20.3 Å². The number of rotatable bonds is 5. The van der Waals surface area contributed by atoms with E-state index in [1.165, 1.54) is 11.8 Å². The fourth-order valence-electron chi connectivity index (χ4n) is 1.48. The summed E-state index contributed by atoms with van der Waals surface area (Å²) >= 11 is 1.31.